The van der Waals surface area contributed by atoms with Gasteiger partial charge in [0.15, 0.2) is 0 Å². The van der Waals surface area contributed by atoms with E-state index in [0.29, 0.717) is 19.1 Å². The first kappa shape index (κ1) is 17.9. The largest absolute Gasteiger partial charge is 0.486 e. The van der Waals surface area contributed by atoms with Crippen LogP contribution in [0, 0.1) is 6.92 Å². The number of hydrogen-bond donors (Lipinski definition) is 2. The van der Waals surface area contributed by atoms with Gasteiger partial charge in [-0.25, -0.2) is 4.98 Å². The van der Waals surface area contributed by atoms with Gasteiger partial charge in [-0.1, -0.05) is 17.7 Å². The molecule has 3 rings (SSSR count). The van der Waals surface area contributed by atoms with E-state index in [9.17, 15) is 4.79 Å². The Labute approximate surface area is 152 Å². The number of hydrogen-bond acceptors (Lipinski definition) is 5. The Morgan fingerprint density at radius 1 is 1.28 bits per heavy atom. The summed E-state index contributed by atoms with van der Waals surface area (Å²) in [7, 11) is 0. The standard InChI is InChI=1S/C19H25N3O2S/c1-13-2-8-17(9-3-13)24-11-19-22-16(12-25-19)10-18(23)21-15-6-4-14(20)5-7-15/h2-3,8-9,12,14-15H,4-7,10-11,20H2,1H3,(H,21,23). The van der Waals surface area contributed by atoms with E-state index in [1.54, 1.807) is 0 Å². The Morgan fingerprint density at radius 3 is 2.72 bits per heavy atom. The van der Waals surface area contributed by atoms with Crippen molar-refractivity contribution < 1.29 is 9.53 Å². The van der Waals surface area contributed by atoms with Gasteiger partial charge in [0.25, 0.3) is 0 Å². The van der Waals surface area contributed by atoms with E-state index < -0.39 is 0 Å². The summed E-state index contributed by atoms with van der Waals surface area (Å²) in [5.74, 6) is 0.868. The van der Waals surface area contributed by atoms with E-state index in [1.807, 2.05) is 36.6 Å². The Morgan fingerprint density at radius 2 is 2.00 bits per heavy atom. The zero-order valence-electron chi connectivity index (χ0n) is 14.5. The highest BCUT2D eigenvalue weighted by atomic mass is 32.1. The molecule has 134 valence electrons. The SMILES string of the molecule is Cc1ccc(OCc2nc(CC(=O)NC3CCC(N)CC3)cs2)cc1. The van der Waals surface area contributed by atoms with Crippen LogP contribution in [0.2, 0.25) is 0 Å². The van der Waals surface area contributed by atoms with E-state index in [2.05, 4.69) is 10.3 Å². The first-order chi connectivity index (χ1) is 12.1. The third-order valence-corrected chi connectivity index (χ3v) is 5.33. The summed E-state index contributed by atoms with van der Waals surface area (Å²) in [6.07, 6.45) is 4.24. The molecule has 1 saturated carbocycles. The van der Waals surface area contributed by atoms with Gasteiger partial charge in [-0.15, -0.1) is 11.3 Å². The molecular formula is C19H25N3O2S. The van der Waals surface area contributed by atoms with E-state index in [0.717, 1.165) is 42.1 Å². The van der Waals surface area contributed by atoms with Crippen LogP contribution in [0.1, 0.15) is 41.9 Å². The number of amides is 1. The van der Waals surface area contributed by atoms with E-state index in [1.165, 1.54) is 16.9 Å². The molecule has 1 amide bonds. The topological polar surface area (TPSA) is 77.2 Å². The molecule has 0 aliphatic heterocycles. The van der Waals surface area contributed by atoms with Gasteiger partial charge >= 0.3 is 0 Å². The van der Waals surface area contributed by atoms with Gasteiger partial charge < -0.3 is 15.8 Å². The lowest BCUT2D eigenvalue weighted by atomic mass is 9.92. The molecule has 0 atom stereocenters. The maximum atomic E-state index is 12.2. The summed E-state index contributed by atoms with van der Waals surface area (Å²) in [5, 5.41) is 5.92. The number of carbonyl (C=O) groups excluding carboxylic acids is 1. The average Bonchev–Trinajstić information content (AvgIpc) is 3.04. The number of thiazole rings is 1. The number of aromatic nitrogens is 1. The average molecular weight is 359 g/mol. The Hall–Kier alpha value is -1.92. The monoisotopic (exact) mass is 359 g/mol. The fraction of sp³-hybridized carbons (Fsp3) is 0.474. The maximum Gasteiger partial charge on any atom is 0.226 e. The van der Waals surface area contributed by atoms with Crippen LogP contribution in [0.15, 0.2) is 29.6 Å². The molecule has 0 spiro atoms. The lowest BCUT2D eigenvalue weighted by molar-refractivity contribution is -0.121. The second-order valence-electron chi connectivity index (χ2n) is 6.69. The van der Waals surface area contributed by atoms with Crippen molar-refractivity contribution in [3.05, 3.63) is 45.9 Å². The first-order valence-electron chi connectivity index (χ1n) is 8.76. The molecule has 1 aromatic heterocycles. The van der Waals surface area contributed by atoms with Crippen LogP contribution in [-0.4, -0.2) is 23.0 Å². The van der Waals surface area contributed by atoms with Crippen molar-refractivity contribution >= 4 is 17.2 Å². The highest BCUT2D eigenvalue weighted by Gasteiger charge is 2.20. The molecule has 0 saturated heterocycles. The Balaban J connectivity index is 1.44. The third-order valence-electron chi connectivity index (χ3n) is 4.46. The van der Waals surface area contributed by atoms with Crippen LogP contribution in [-0.2, 0) is 17.8 Å². The highest BCUT2D eigenvalue weighted by molar-refractivity contribution is 7.09. The molecule has 0 radical (unpaired) electrons. The molecule has 1 heterocycles. The molecule has 1 aliphatic rings. The third kappa shape index (κ3) is 5.54. The number of nitrogens with two attached hydrogens (primary N) is 1. The number of ether oxygens (including phenoxy) is 1. The smallest absolute Gasteiger partial charge is 0.226 e. The quantitative estimate of drug-likeness (QED) is 0.831. The number of aryl methyl sites for hydroxylation is 1. The minimum Gasteiger partial charge on any atom is -0.486 e. The molecule has 1 aromatic carbocycles. The highest BCUT2D eigenvalue weighted by Crippen LogP contribution is 2.18. The van der Waals surface area contributed by atoms with Crippen molar-refractivity contribution in [2.24, 2.45) is 5.73 Å². The summed E-state index contributed by atoms with van der Waals surface area (Å²) in [6.45, 7) is 2.47. The lowest BCUT2D eigenvalue weighted by Gasteiger charge is -2.26. The van der Waals surface area contributed by atoms with Gasteiger partial charge in [-0.05, 0) is 44.7 Å². The predicted molar refractivity (Wildman–Crippen MR) is 99.7 cm³/mol. The van der Waals surface area contributed by atoms with E-state index in [-0.39, 0.29) is 11.9 Å². The maximum absolute atomic E-state index is 12.2. The summed E-state index contributed by atoms with van der Waals surface area (Å²) >= 11 is 1.53. The number of benzene rings is 1. The van der Waals surface area contributed by atoms with Gasteiger partial charge in [0.1, 0.15) is 17.4 Å². The fourth-order valence-electron chi connectivity index (χ4n) is 2.98. The second-order valence-corrected chi connectivity index (χ2v) is 7.63. The summed E-state index contributed by atoms with van der Waals surface area (Å²) in [4.78, 5) is 16.7. The molecule has 5 nitrogen and oxygen atoms in total. The van der Waals surface area contributed by atoms with Gasteiger partial charge in [0, 0.05) is 17.5 Å². The molecule has 1 fully saturated rings. The fourth-order valence-corrected chi connectivity index (χ4v) is 3.69. The van der Waals surface area contributed by atoms with Crippen LogP contribution in [0.25, 0.3) is 0 Å². The van der Waals surface area contributed by atoms with Crippen LogP contribution in [0.5, 0.6) is 5.75 Å². The van der Waals surface area contributed by atoms with Crippen LogP contribution >= 0.6 is 11.3 Å². The lowest BCUT2D eigenvalue weighted by Crippen LogP contribution is -2.41. The molecule has 0 unspecified atom stereocenters. The number of carbonyl (C=O) groups is 1. The zero-order valence-corrected chi connectivity index (χ0v) is 15.3. The minimum absolute atomic E-state index is 0.0387. The Bertz CT molecular complexity index is 691. The number of nitrogens with one attached hydrogen (secondary N) is 1. The number of rotatable bonds is 6. The minimum atomic E-state index is 0.0387. The molecular weight excluding hydrogens is 334 g/mol. The molecule has 6 heteroatoms. The summed E-state index contributed by atoms with van der Waals surface area (Å²) in [5.41, 5.74) is 7.91. The summed E-state index contributed by atoms with van der Waals surface area (Å²) in [6, 6.07) is 8.50. The Kier molecular flexibility index (Phi) is 6.04. The molecule has 25 heavy (non-hydrogen) atoms. The van der Waals surface area contributed by atoms with Crippen LogP contribution < -0.4 is 15.8 Å². The zero-order chi connectivity index (χ0) is 17.6. The second kappa shape index (κ2) is 8.45. The summed E-state index contributed by atoms with van der Waals surface area (Å²) < 4.78 is 5.73. The van der Waals surface area contributed by atoms with Crippen LogP contribution in [0.4, 0.5) is 0 Å². The number of nitrogens with zero attached hydrogens (tertiary/aromatic N) is 1. The molecule has 2 aromatic rings. The van der Waals surface area contributed by atoms with Gasteiger partial charge in [-0.2, -0.15) is 0 Å². The molecule has 0 bridgehead atoms. The normalized spacial score (nSPS) is 20.2. The van der Waals surface area contributed by atoms with Crippen molar-refractivity contribution in [3.63, 3.8) is 0 Å². The van der Waals surface area contributed by atoms with Crippen molar-refractivity contribution in [1.82, 2.24) is 10.3 Å². The van der Waals surface area contributed by atoms with Gasteiger partial charge in [-0.3, -0.25) is 4.79 Å². The van der Waals surface area contributed by atoms with Crippen LogP contribution in [0.3, 0.4) is 0 Å². The molecule has 1 aliphatic carbocycles. The van der Waals surface area contributed by atoms with Crippen molar-refractivity contribution in [3.8, 4) is 5.75 Å². The van der Waals surface area contributed by atoms with Crippen molar-refractivity contribution in [1.29, 1.82) is 0 Å². The van der Waals surface area contributed by atoms with E-state index >= 15 is 0 Å². The van der Waals surface area contributed by atoms with Gasteiger partial charge in [0.05, 0.1) is 12.1 Å². The van der Waals surface area contributed by atoms with Crippen molar-refractivity contribution in [2.75, 3.05) is 0 Å². The molecule has 3 N–H and O–H groups in total. The van der Waals surface area contributed by atoms with Crippen molar-refractivity contribution in [2.45, 2.75) is 57.7 Å². The van der Waals surface area contributed by atoms with Gasteiger partial charge in [0.2, 0.25) is 5.91 Å². The van der Waals surface area contributed by atoms with E-state index in [4.69, 9.17) is 10.5 Å². The predicted octanol–water partition coefficient (Wildman–Crippen LogP) is 2.96. The first-order valence-corrected chi connectivity index (χ1v) is 9.64.